The molecule has 1 aliphatic rings. The molecule has 0 radical (unpaired) electrons. The zero-order valence-corrected chi connectivity index (χ0v) is 13.8. The molecule has 0 bridgehead atoms. The molecule has 0 saturated carbocycles. The fraction of sp³-hybridized carbons (Fsp3) is 0.400. The van der Waals surface area contributed by atoms with E-state index in [4.69, 9.17) is 5.73 Å². The lowest BCUT2D eigenvalue weighted by atomic mass is 9.94. The minimum absolute atomic E-state index is 0.0493. The summed E-state index contributed by atoms with van der Waals surface area (Å²) in [5, 5.41) is 12.2. The first-order valence-electron chi connectivity index (χ1n) is 7.20. The summed E-state index contributed by atoms with van der Waals surface area (Å²) in [5.41, 5.74) is 7.53. The average molecular weight is 365 g/mol. The third kappa shape index (κ3) is 2.66. The first kappa shape index (κ1) is 15.2. The van der Waals surface area contributed by atoms with Gasteiger partial charge >= 0.3 is 5.69 Å². The van der Waals surface area contributed by atoms with E-state index in [1.165, 1.54) is 6.20 Å². The molecule has 0 spiro atoms. The minimum atomic E-state index is -0.359. The number of rotatable bonds is 2. The second-order valence-electron chi connectivity index (χ2n) is 5.79. The number of hydrogen-bond donors (Lipinski definition) is 1. The van der Waals surface area contributed by atoms with Crippen molar-refractivity contribution >= 4 is 38.2 Å². The number of benzene rings is 1. The highest BCUT2D eigenvalue weighted by atomic mass is 79.9. The van der Waals surface area contributed by atoms with Crippen LogP contribution in [0.4, 0.5) is 11.4 Å². The lowest BCUT2D eigenvalue weighted by molar-refractivity contribution is -0.384. The van der Waals surface area contributed by atoms with Gasteiger partial charge in [-0.05, 0) is 30.5 Å². The highest BCUT2D eigenvalue weighted by Gasteiger charge is 2.29. The summed E-state index contributed by atoms with van der Waals surface area (Å²) in [7, 11) is 0. The molecule has 2 heterocycles. The molecule has 116 valence electrons. The van der Waals surface area contributed by atoms with E-state index < -0.39 is 0 Å². The second-order valence-corrected chi connectivity index (χ2v) is 6.70. The number of pyridine rings is 1. The van der Waals surface area contributed by atoms with Gasteiger partial charge in [0.25, 0.3) is 0 Å². The summed E-state index contributed by atoms with van der Waals surface area (Å²) >= 11 is 3.44. The van der Waals surface area contributed by atoms with E-state index in [1.807, 2.05) is 18.2 Å². The Morgan fingerprint density at radius 3 is 2.95 bits per heavy atom. The summed E-state index contributed by atoms with van der Waals surface area (Å²) in [6, 6.07) is 5.80. The van der Waals surface area contributed by atoms with Crippen LogP contribution in [0.1, 0.15) is 13.3 Å². The van der Waals surface area contributed by atoms with Crippen molar-refractivity contribution < 1.29 is 4.92 Å². The van der Waals surface area contributed by atoms with Gasteiger partial charge in [-0.25, -0.2) is 4.98 Å². The molecule has 1 aromatic carbocycles. The van der Waals surface area contributed by atoms with Gasteiger partial charge in [0.2, 0.25) is 0 Å². The van der Waals surface area contributed by atoms with Crippen LogP contribution in [0.15, 0.2) is 28.9 Å². The SMILES string of the molecule is CC1CN(c2c([N+](=O)[O-])cnc3ccc(Br)cc23)CCC1N. The molecule has 2 aromatic rings. The van der Waals surface area contributed by atoms with Crippen LogP contribution in [-0.4, -0.2) is 29.0 Å². The molecule has 0 amide bonds. The van der Waals surface area contributed by atoms with Crippen LogP contribution in [-0.2, 0) is 0 Å². The molecule has 1 saturated heterocycles. The Labute approximate surface area is 136 Å². The molecule has 22 heavy (non-hydrogen) atoms. The van der Waals surface area contributed by atoms with Crippen molar-refractivity contribution in [1.82, 2.24) is 4.98 Å². The van der Waals surface area contributed by atoms with Crippen molar-refractivity contribution in [3.8, 4) is 0 Å². The van der Waals surface area contributed by atoms with Crippen molar-refractivity contribution in [3.63, 3.8) is 0 Å². The summed E-state index contributed by atoms with van der Waals surface area (Å²) < 4.78 is 0.880. The predicted octanol–water partition coefficient (Wildman–Crippen LogP) is 3.08. The number of aromatic nitrogens is 1. The van der Waals surface area contributed by atoms with Crippen molar-refractivity contribution in [2.45, 2.75) is 19.4 Å². The highest BCUT2D eigenvalue weighted by Crippen LogP contribution is 2.37. The van der Waals surface area contributed by atoms with Crippen LogP contribution in [0, 0.1) is 16.0 Å². The standard InChI is InChI=1S/C15H17BrN4O2/c1-9-8-19(5-4-12(9)17)15-11-6-10(16)2-3-13(11)18-7-14(15)20(21)22/h2-3,6-7,9,12H,4-5,8,17H2,1H3. The molecule has 1 aliphatic heterocycles. The first-order chi connectivity index (χ1) is 10.5. The molecule has 0 aliphatic carbocycles. The van der Waals surface area contributed by atoms with Crippen LogP contribution in [0.2, 0.25) is 0 Å². The van der Waals surface area contributed by atoms with Crippen molar-refractivity contribution in [2.75, 3.05) is 18.0 Å². The molecular formula is C15H17BrN4O2. The van der Waals surface area contributed by atoms with Gasteiger partial charge in [-0.2, -0.15) is 0 Å². The number of hydrogen-bond acceptors (Lipinski definition) is 5. The quantitative estimate of drug-likeness (QED) is 0.653. The summed E-state index contributed by atoms with van der Waals surface area (Å²) in [6.07, 6.45) is 2.18. The fourth-order valence-electron chi connectivity index (χ4n) is 2.97. The average Bonchev–Trinajstić information content (AvgIpc) is 2.48. The van der Waals surface area contributed by atoms with Crippen LogP contribution in [0.3, 0.4) is 0 Å². The van der Waals surface area contributed by atoms with E-state index >= 15 is 0 Å². The maximum absolute atomic E-state index is 11.4. The molecule has 2 unspecified atom stereocenters. The number of nitrogens with zero attached hydrogens (tertiary/aromatic N) is 3. The largest absolute Gasteiger partial charge is 0.365 e. The number of halogens is 1. The third-order valence-electron chi connectivity index (χ3n) is 4.27. The van der Waals surface area contributed by atoms with Crippen molar-refractivity contribution in [1.29, 1.82) is 0 Å². The maximum atomic E-state index is 11.4. The Morgan fingerprint density at radius 2 is 2.27 bits per heavy atom. The maximum Gasteiger partial charge on any atom is 0.311 e. The van der Waals surface area contributed by atoms with E-state index in [-0.39, 0.29) is 16.7 Å². The molecule has 3 rings (SSSR count). The Balaban J connectivity index is 2.18. The number of nitrogens with two attached hydrogens (primary N) is 1. The topological polar surface area (TPSA) is 85.3 Å². The summed E-state index contributed by atoms with van der Waals surface area (Å²) in [4.78, 5) is 17.4. The molecule has 6 nitrogen and oxygen atoms in total. The molecule has 2 N–H and O–H groups in total. The molecule has 1 aromatic heterocycles. The van der Waals surface area contributed by atoms with E-state index in [9.17, 15) is 10.1 Å². The fourth-order valence-corrected chi connectivity index (χ4v) is 3.33. The highest BCUT2D eigenvalue weighted by molar-refractivity contribution is 9.10. The van der Waals surface area contributed by atoms with E-state index in [1.54, 1.807) is 0 Å². The molecular weight excluding hydrogens is 348 g/mol. The van der Waals surface area contributed by atoms with Gasteiger partial charge in [0.05, 0.1) is 10.4 Å². The zero-order chi connectivity index (χ0) is 15.9. The van der Waals surface area contributed by atoms with Crippen molar-refractivity contribution in [2.24, 2.45) is 11.7 Å². The monoisotopic (exact) mass is 364 g/mol. The predicted molar refractivity (Wildman–Crippen MR) is 90.1 cm³/mol. The second kappa shape index (κ2) is 5.81. The van der Waals surface area contributed by atoms with Crippen LogP contribution < -0.4 is 10.6 Å². The van der Waals surface area contributed by atoms with Gasteiger partial charge in [0, 0.05) is 29.0 Å². The normalized spacial score (nSPS) is 22.0. The summed E-state index contributed by atoms with van der Waals surface area (Å²) in [5.74, 6) is 0.295. The minimum Gasteiger partial charge on any atom is -0.365 e. The zero-order valence-electron chi connectivity index (χ0n) is 12.2. The Kier molecular flexibility index (Phi) is 4.01. The van der Waals surface area contributed by atoms with Gasteiger partial charge in [-0.1, -0.05) is 22.9 Å². The molecule has 1 fully saturated rings. The summed E-state index contributed by atoms with van der Waals surface area (Å²) in [6.45, 7) is 3.52. The smallest absolute Gasteiger partial charge is 0.311 e. The van der Waals surface area contributed by atoms with Gasteiger partial charge in [-0.15, -0.1) is 0 Å². The first-order valence-corrected chi connectivity index (χ1v) is 8.00. The van der Waals surface area contributed by atoms with Crippen LogP contribution in [0.25, 0.3) is 10.9 Å². The van der Waals surface area contributed by atoms with Gasteiger partial charge < -0.3 is 10.6 Å². The van der Waals surface area contributed by atoms with Gasteiger partial charge in [-0.3, -0.25) is 10.1 Å². The number of piperidine rings is 1. The lowest BCUT2D eigenvalue weighted by Gasteiger charge is -2.36. The van der Waals surface area contributed by atoms with Crippen LogP contribution >= 0.6 is 15.9 Å². The van der Waals surface area contributed by atoms with E-state index in [0.717, 1.165) is 28.3 Å². The van der Waals surface area contributed by atoms with Crippen LogP contribution in [0.5, 0.6) is 0 Å². The number of anilines is 1. The number of fused-ring (bicyclic) bond motifs is 1. The third-order valence-corrected chi connectivity index (χ3v) is 4.76. The molecule has 2 atom stereocenters. The van der Waals surface area contributed by atoms with E-state index in [0.29, 0.717) is 18.2 Å². The number of nitro groups is 1. The Hall–Kier alpha value is -1.73. The van der Waals surface area contributed by atoms with Gasteiger partial charge in [0.15, 0.2) is 0 Å². The Morgan fingerprint density at radius 1 is 1.50 bits per heavy atom. The van der Waals surface area contributed by atoms with Crippen molar-refractivity contribution in [3.05, 3.63) is 39.0 Å². The van der Waals surface area contributed by atoms with Gasteiger partial charge in [0.1, 0.15) is 11.9 Å². The Bertz CT molecular complexity index is 737. The molecule has 7 heteroatoms. The van der Waals surface area contributed by atoms with E-state index in [2.05, 4.69) is 32.7 Å². The lowest BCUT2D eigenvalue weighted by Crippen LogP contribution is -2.46.